The summed E-state index contributed by atoms with van der Waals surface area (Å²) < 4.78 is 0. The molecule has 2 aromatic carbocycles. The predicted molar refractivity (Wildman–Crippen MR) is 101 cm³/mol. The van der Waals surface area contributed by atoms with Gasteiger partial charge in [-0.15, -0.1) is 0 Å². The molecule has 4 nitrogen and oxygen atoms in total. The zero-order chi connectivity index (χ0) is 17.2. The minimum Gasteiger partial charge on any atom is -0.315 e. The number of aromatic nitrogens is 1. The molecule has 1 fully saturated rings. The van der Waals surface area contributed by atoms with Crippen molar-refractivity contribution in [2.24, 2.45) is 5.92 Å². The highest BCUT2D eigenvalue weighted by Gasteiger charge is 2.36. The van der Waals surface area contributed by atoms with Crippen molar-refractivity contribution in [1.82, 2.24) is 10.3 Å². The number of carbonyl (C=O) groups is 1. The Morgan fingerprint density at radius 2 is 1.92 bits per heavy atom. The molecule has 0 aliphatic carbocycles. The Kier molecular flexibility index (Phi) is 4.20. The van der Waals surface area contributed by atoms with E-state index in [1.807, 2.05) is 55.7 Å². The first-order valence-electron chi connectivity index (χ1n) is 8.61. The summed E-state index contributed by atoms with van der Waals surface area (Å²) in [5.74, 6) is 0.320. The topological polar surface area (TPSA) is 45.2 Å². The van der Waals surface area contributed by atoms with Crippen molar-refractivity contribution in [3.8, 4) is 0 Å². The van der Waals surface area contributed by atoms with Crippen LogP contribution in [0, 0.1) is 5.92 Å². The van der Waals surface area contributed by atoms with E-state index in [1.165, 1.54) is 5.56 Å². The molecular weight excluding hydrogens is 310 g/mol. The van der Waals surface area contributed by atoms with Crippen molar-refractivity contribution in [2.45, 2.75) is 5.92 Å². The minimum absolute atomic E-state index is 0.0514. The number of nitrogens with zero attached hydrogens (tertiary/aromatic N) is 2. The zero-order valence-corrected chi connectivity index (χ0v) is 14.2. The monoisotopic (exact) mass is 331 g/mol. The maximum absolute atomic E-state index is 13.2. The van der Waals surface area contributed by atoms with Crippen molar-refractivity contribution in [1.29, 1.82) is 0 Å². The first-order valence-corrected chi connectivity index (χ1v) is 8.61. The molecule has 4 heteroatoms. The number of nitrogens with one attached hydrogen (secondary N) is 1. The van der Waals surface area contributed by atoms with E-state index in [4.69, 9.17) is 0 Å². The van der Waals surface area contributed by atoms with Crippen LogP contribution in [0.1, 0.15) is 11.5 Å². The fourth-order valence-electron chi connectivity index (χ4n) is 3.75. The Morgan fingerprint density at radius 3 is 2.76 bits per heavy atom. The molecule has 1 amide bonds. The van der Waals surface area contributed by atoms with Gasteiger partial charge in [-0.2, -0.15) is 0 Å². The predicted octanol–water partition coefficient (Wildman–Crippen LogP) is 3.20. The molecule has 1 saturated heterocycles. The van der Waals surface area contributed by atoms with E-state index in [1.54, 1.807) is 11.1 Å². The van der Waals surface area contributed by atoms with Gasteiger partial charge in [0, 0.05) is 49.2 Å². The van der Waals surface area contributed by atoms with Crippen molar-refractivity contribution in [3.05, 3.63) is 72.6 Å². The summed E-state index contributed by atoms with van der Waals surface area (Å²) in [7, 11) is 1.87. The van der Waals surface area contributed by atoms with Crippen molar-refractivity contribution in [3.63, 3.8) is 0 Å². The van der Waals surface area contributed by atoms with Gasteiger partial charge in [0.05, 0.1) is 11.6 Å². The summed E-state index contributed by atoms with van der Waals surface area (Å²) in [4.78, 5) is 19.2. The lowest BCUT2D eigenvalue weighted by Gasteiger charge is -2.26. The number of rotatable bonds is 3. The van der Waals surface area contributed by atoms with Gasteiger partial charge in [0.1, 0.15) is 0 Å². The Bertz CT molecular complexity index is 889. The second kappa shape index (κ2) is 6.65. The van der Waals surface area contributed by atoms with Crippen LogP contribution in [0.5, 0.6) is 0 Å². The molecule has 0 saturated carbocycles. The van der Waals surface area contributed by atoms with Gasteiger partial charge < -0.3 is 10.2 Å². The number of benzene rings is 2. The highest BCUT2D eigenvalue weighted by Crippen LogP contribution is 2.32. The summed E-state index contributed by atoms with van der Waals surface area (Å²) in [5, 5.41) is 5.48. The minimum atomic E-state index is -0.0514. The second-order valence-corrected chi connectivity index (χ2v) is 6.55. The maximum atomic E-state index is 13.2. The van der Waals surface area contributed by atoms with E-state index in [-0.39, 0.29) is 17.7 Å². The summed E-state index contributed by atoms with van der Waals surface area (Å²) >= 11 is 0. The van der Waals surface area contributed by atoms with E-state index in [9.17, 15) is 4.79 Å². The van der Waals surface area contributed by atoms with Crippen LogP contribution >= 0.6 is 0 Å². The van der Waals surface area contributed by atoms with E-state index >= 15 is 0 Å². The number of anilines is 1. The fourth-order valence-corrected chi connectivity index (χ4v) is 3.75. The highest BCUT2D eigenvalue weighted by atomic mass is 16.2. The van der Waals surface area contributed by atoms with Crippen molar-refractivity contribution < 1.29 is 4.79 Å². The van der Waals surface area contributed by atoms with Gasteiger partial charge in [-0.05, 0) is 17.7 Å². The largest absolute Gasteiger partial charge is 0.315 e. The van der Waals surface area contributed by atoms with E-state index in [2.05, 4.69) is 22.4 Å². The average Bonchev–Trinajstić information content (AvgIpc) is 3.17. The molecule has 0 bridgehead atoms. The van der Waals surface area contributed by atoms with E-state index in [0.29, 0.717) is 0 Å². The molecule has 1 aromatic heterocycles. The molecule has 1 aliphatic heterocycles. The molecule has 2 heterocycles. The average molecular weight is 331 g/mol. The van der Waals surface area contributed by atoms with Crippen LogP contribution in [0.4, 0.5) is 5.69 Å². The van der Waals surface area contributed by atoms with Crippen molar-refractivity contribution in [2.75, 3.05) is 25.0 Å². The van der Waals surface area contributed by atoms with E-state index in [0.717, 1.165) is 29.5 Å². The van der Waals surface area contributed by atoms with Crippen LogP contribution in [-0.2, 0) is 4.79 Å². The third-order valence-electron chi connectivity index (χ3n) is 5.11. The summed E-state index contributed by atoms with van der Waals surface area (Å²) in [6.45, 7) is 1.56. The first-order chi connectivity index (χ1) is 12.3. The van der Waals surface area contributed by atoms with Gasteiger partial charge in [0.15, 0.2) is 0 Å². The van der Waals surface area contributed by atoms with Crippen LogP contribution in [0.15, 0.2) is 67.0 Å². The normalized spacial score (nSPS) is 19.9. The highest BCUT2D eigenvalue weighted by molar-refractivity contribution is 6.04. The van der Waals surface area contributed by atoms with Gasteiger partial charge in [-0.1, -0.05) is 42.5 Å². The van der Waals surface area contributed by atoms with Crippen LogP contribution < -0.4 is 10.2 Å². The third kappa shape index (κ3) is 2.89. The number of hydrogen-bond donors (Lipinski definition) is 1. The molecule has 2 atom stereocenters. The Labute approximate surface area is 147 Å². The van der Waals surface area contributed by atoms with Crippen LogP contribution in [0.3, 0.4) is 0 Å². The van der Waals surface area contributed by atoms with Crippen LogP contribution in [0.25, 0.3) is 10.8 Å². The second-order valence-electron chi connectivity index (χ2n) is 6.55. The lowest BCUT2D eigenvalue weighted by Crippen LogP contribution is -2.36. The number of amides is 1. The number of fused-ring (bicyclic) bond motifs is 1. The third-order valence-corrected chi connectivity index (χ3v) is 5.11. The zero-order valence-electron chi connectivity index (χ0n) is 14.2. The SMILES string of the molecule is CN(C(=O)[C@@H]1CNCC1c1ccccc1)c1cccc2cnccc12. The summed E-state index contributed by atoms with van der Waals surface area (Å²) in [5.41, 5.74) is 2.16. The number of carbonyl (C=O) groups excluding carboxylic acids is 1. The van der Waals surface area contributed by atoms with Gasteiger partial charge >= 0.3 is 0 Å². The summed E-state index contributed by atoms with van der Waals surface area (Å²) in [6.07, 6.45) is 3.61. The molecule has 1 aliphatic rings. The van der Waals surface area contributed by atoms with Crippen LogP contribution in [-0.4, -0.2) is 31.0 Å². The van der Waals surface area contributed by atoms with Gasteiger partial charge in [-0.3, -0.25) is 9.78 Å². The van der Waals surface area contributed by atoms with Crippen LogP contribution in [0.2, 0.25) is 0 Å². The molecule has 1 N–H and O–H groups in total. The molecule has 3 aromatic rings. The molecule has 1 unspecified atom stereocenters. The molecule has 25 heavy (non-hydrogen) atoms. The Hall–Kier alpha value is -2.72. The smallest absolute Gasteiger partial charge is 0.231 e. The molecule has 126 valence electrons. The first kappa shape index (κ1) is 15.8. The lowest BCUT2D eigenvalue weighted by molar-refractivity contribution is -0.121. The molecule has 0 radical (unpaired) electrons. The van der Waals surface area contributed by atoms with E-state index < -0.39 is 0 Å². The maximum Gasteiger partial charge on any atom is 0.231 e. The fraction of sp³-hybridized carbons (Fsp3) is 0.238. The van der Waals surface area contributed by atoms with Gasteiger partial charge in [0.25, 0.3) is 0 Å². The Balaban J connectivity index is 1.65. The number of hydrogen-bond acceptors (Lipinski definition) is 3. The van der Waals surface area contributed by atoms with Gasteiger partial charge in [0.2, 0.25) is 5.91 Å². The lowest BCUT2D eigenvalue weighted by atomic mass is 9.88. The van der Waals surface area contributed by atoms with Gasteiger partial charge in [-0.25, -0.2) is 0 Å². The molecule has 4 rings (SSSR count). The number of pyridine rings is 1. The van der Waals surface area contributed by atoms with Crippen molar-refractivity contribution >= 4 is 22.4 Å². The summed E-state index contributed by atoms with van der Waals surface area (Å²) in [6, 6.07) is 18.3. The Morgan fingerprint density at radius 1 is 1.08 bits per heavy atom. The molecular formula is C21H21N3O. The standard InChI is InChI=1S/C21H21N3O/c1-24(20-9-5-8-16-12-22-11-10-17(16)20)21(25)19-14-23-13-18(19)15-6-3-2-4-7-15/h2-12,18-19,23H,13-14H2,1H3/t18?,19-/m1/s1. The molecule has 0 spiro atoms. The quantitative estimate of drug-likeness (QED) is 0.802.